The zero-order valence-corrected chi connectivity index (χ0v) is 9.94. The van der Waals surface area contributed by atoms with Gasteiger partial charge in [-0.05, 0) is 25.6 Å². The van der Waals surface area contributed by atoms with Crippen LogP contribution in [-0.4, -0.2) is 16.6 Å². The van der Waals surface area contributed by atoms with Crippen molar-refractivity contribution in [3.63, 3.8) is 0 Å². The molecule has 1 unspecified atom stereocenters. The van der Waals surface area contributed by atoms with Crippen molar-refractivity contribution in [2.45, 2.75) is 13.0 Å². The standard InChI is InChI=1S/C13H17N3/c1-10(14-2)11-5-4-6-12(9-11)13-15-7-8-16(13)3/h4-10,14H,1-3H3. The van der Waals surface area contributed by atoms with E-state index < -0.39 is 0 Å². The summed E-state index contributed by atoms with van der Waals surface area (Å²) in [5.74, 6) is 1.00. The van der Waals surface area contributed by atoms with E-state index >= 15 is 0 Å². The molecule has 1 heterocycles. The third-order valence-electron chi connectivity index (χ3n) is 2.90. The van der Waals surface area contributed by atoms with Crippen LogP contribution in [0.2, 0.25) is 0 Å². The Morgan fingerprint density at radius 1 is 1.38 bits per heavy atom. The molecular weight excluding hydrogens is 198 g/mol. The lowest BCUT2D eigenvalue weighted by atomic mass is 10.1. The molecule has 84 valence electrons. The van der Waals surface area contributed by atoms with E-state index in [0.717, 1.165) is 11.4 Å². The van der Waals surface area contributed by atoms with Crippen molar-refractivity contribution >= 4 is 0 Å². The lowest BCUT2D eigenvalue weighted by Gasteiger charge is -2.11. The van der Waals surface area contributed by atoms with E-state index in [9.17, 15) is 0 Å². The Morgan fingerprint density at radius 3 is 2.81 bits per heavy atom. The summed E-state index contributed by atoms with van der Waals surface area (Å²) >= 11 is 0. The fourth-order valence-corrected chi connectivity index (χ4v) is 1.76. The SMILES string of the molecule is CNC(C)c1cccc(-c2nccn2C)c1. The number of imidazole rings is 1. The summed E-state index contributed by atoms with van der Waals surface area (Å²) in [5, 5.41) is 3.24. The molecule has 1 atom stereocenters. The van der Waals surface area contributed by atoms with Gasteiger partial charge in [0.1, 0.15) is 5.82 Å². The van der Waals surface area contributed by atoms with Gasteiger partial charge in [-0.25, -0.2) is 4.98 Å². The normalized spacial score (nSPS) is 12.7. The maximum absolute atomic E-state index is 4.35. The Balaban J connectivity index is 2.40. The number of benzene rings is 1. The number of aryl methyl sites for hydroxylation is 1. The molecule has 0 aliphatic heterocycles. The van der Waals surface area contributed by atoms with E-state index in [1.807, 2.05) is 31.1 Å². The minimum Gasteiger partial charge on any atom is -0.334 e. The summed E-state index contributed by atoms with van der Waals surface area (Å²) < 4.78 is 2.03. The van der Waals surface area contributed by atoms with Gasteiger partial charge in [-0.3, -0.25) is 0 Å². The van der Waals surface area contributed by atoms with Crippen molar-refractivity contribution in [2.75, 3.05) is 7.05 Å². The Bertz CT molecular complexity index is 474. The lowest BCUT2D eigenvalue weighted by Crippen LogP contribution is -2.12. The van der Waals surface area contributed by atoms with Crippen molar-refractivity contribution in [3.05, 3.63) is 42.2 Å². The van der Waals surface area contributed by atoms with Crippen LogP contribution in [0.25, 0.3) is 11.4 Å². The quantitative estimate of drug-likeness (QED) is 0.851. The van der Waals surface area contributed by atoms with Gasteiger partial charge in [-0.1, -0.05) is 18.2 Å². The smallest absolute Gasteiger partial charge is 0.139 e. The Labute approximate surface area is 96.1 Å². The second-order valence-electron chi connectivity index (χ2n) is 4.00. The van der Waals surface area contributed by atoms with E-state index in [1.165, 1.54) is 5.56 Å². The molecule has 3 nitrogen and oxygen atoms in total. The zero-order valence-electron chi connectivity index (χ0n) is 9.94. The highest BCUT2D eigenvalue weighted by atomic mass is 15.0. The average molecular weight is 215 g/mol. The van der Waals surface area contributed by atoms with Crippen LogP contribution >= 0.6 is 0 Å². The van der Waals surface area contributed by atoms with Gasteiger partial charge in [-0.2, -0.15) is 0 Å². The van der Waals surface area contributed by atoms with Crippen LogP contribution in [0, 0.1) is 0 Å². The van der Waals surface area contributed by atoms with Gasteiger partial charge in [0.15, 0.2) is 0 Å². The highest BCUT2D eigenvalue weighted by molar-refractivity contribution is 5.56. The molecule has 0 bridgehead atoms. The molecule has 2 aromatic rings. The predicted octanol–water partition coefficient (Wildman–Crippen LogP) is 2.37. The predicted molar refractivity (Wildman–Crippen MR) is 66.1 cm³/mol. The molecule has 0 aliphatic rings. The van der Waals surface area contributed by atoms with Crippen LogP contribution < -0.4 is 5.32 Å². The Kier molecular flexibility index (Phi) is 3.06. The molecule has 3 heteroatoms. The van der Waals surface area contributed by atoms with Gasteiger partial charge in [0.2, 0.25) is 0 Å². The molecule has 16 heavy (non-hydrogen) atoms. The van der Waals surface area contributed by atoms with E-state index in [4.69, 9.17) is 0 Å². The molecule has 1 N–H and O–H groups in total. The third kappa shape index (κ3) is 1.99. The first-order valence-corrected chi connectivity index (χ1v) is 5.47. The highest BCUT2D eigenvalue weighted by Crippen LogP contribution is 2.21. The van der Waals surface area contributed by atoms with Crippen LogP contribution in [0.15, 0.2) is 36.7 Å². The molecule has 0 saturated heterocycles. The molecule has 1 aromatic heterocycles. The van der Waals surface area contributed by atoms with Crippen molar-refractivity contribution in [1.29, 1.82) is 0 Å². The lowest BCUT2D eigenvalue weighted by molar-refractivity contribution is 0.652. The fourth-order valence-electron chi connectivity index (χ4n) is 1.76. The van der Waals surface area contributed by atoms with Gasteiger partial charge < -0.3 is 9.88 Å². The average Bonchev–Trinajstić information content (AvgIpc) is 2.74. The second-order valence-corrected chi connectivity index (χ2v) is 4.00. The van der Waals surface area contributed by atoms with Gasteiger partial charge in [0, 0.05) is 31.0 Å². The first-order valence-electron chi connectivity index (χ1n) is 5.47. The third-order valence-corrected chi connectivity index (χ3v) is 2.90. The molecule has 0 fully saturated rings. The van der Waals surface area contributed by atoms with Gasteiger partial charge in [0.25, 0.3) is 0 Å². The van der Waals surface area contributed by atoms with Crippen LogP contribution in [0.4, 0.5) is 0 Å². The topological polar surface area (TPSA) is 29.9 Å². The van der Waals surface area contributed by atoms with E-state index in [0.29, 0.717) is 6.04 Å². The molecule has 0 radical (unpaired) electrons. The van der Waals surface area contributed by atoms with Gasteiger partial charge in [0.05, 0.1) is 0 Å². The second kappa shape index (κ2) is 4.49. The summed E-state index contributed by atoms with van der Waals surface area (Å²) in [6, 6.07) is 8.85. The van der Waals surface area contributed by atoms with Crippen LogP contribution in [-0.2, 0) is 7.05 Å². The van der Waals surface area contributed by atoms with Crippen LogP contribution in [0.1, 0.15) is 18.5 Å². The molecule has 0 amide bonds. The number of hydrogen-bond acceptors (Lipinski definition) is 2. The largest absolute Gasteiger partial charge is 0.334 e. The van der Waals surface area contributed by atoms with E-state index in [1.54, 1.807) is 0 Å². The summed E-state index contributed by atoms with van der Waals surface area (Å²) in [5.41, 5.74) is 2.44. The molecule has 2 rings (SSSR count). The molecular formula is C13H17N3. The number of rotatable bonds is 3. The first kappa shape index (κ1) is 10.9. The van der Waals surface area contributed by atoms with Gasteiger partial charge >= 0.3 is 0 Å². The first-order chi connectivity index (χ1) is 7.72. The molecule has 0 spiro atoms. The van der Waals surface area contributed by atoms with Crippen molar-refractivity contribution in [2.24, 2.45) is 7.05 Å². The monoisotopic (exact) mass is 215 g/mol. The van der Waals surface area contributed by atoms with E-state index in [-0.39, 0.29) is 0 Å². The highest BCUT2D eigenvalue weighted by Gasteiger charge is 2.06. The number of nitrogens with one attached hydrogen (secondary N) is 1. The zero-order chi connectivity index (χ0) is 11.5. The minimum absolute atomic E-state index is 0.361. The fraction of sp³-hybridized carbons (Fsp3) is 0.308. The molecule has 1 aromatic carbocycles. The number of hydrogen-bond donors (Lipinski definition) is 1. The summed E-state index contributed by atoms with van der Waals surface area (Å²) in [6.07, 6.45) is 3.78. The van der Waals surface area contributed by atoms with E-state index in [2.05, 4.69) is 41.5 Å². The maximum atomic E-state index is 4.35. The number of nitrogens with zero attached hydrogens (tertiary/aromatic N) is 2. The number of aromatic nitrogens is 2. The Morgan fingerprint density at radius 2 is 2.19 bits per heavy atom. The summed E-state index contributed by atoms with van der Waals surface area (Å²) in [4.78, 5) is 4.35. The summed E-state index contributed by atoms with van der Waals surface area (Å²) in [7, 11) is 3.98. The maximum Gasteiger partial charge on any atom is 0.139 e. The Hall–Kier alpha value is -1.61. The van der Waals surface area contributed by atoms with Crippen molar-refractivity contribution in [1.82, 2.24) is 14.9 Å². The van der Waals surface area contributed by atoms with Crippen LogP contribution in [0.5, 0.6) is 0 Å². The minimum atomic E-state index is 0.361. The summed E-state index contributed by atoms with van der Waals surface area (Å²) in [6.45, 7) is 2.15. The van der Waals surface area contributed by atoms with Crippen molar-refractivity contribution < 1.29 is 0 Å². The molecule has 0 saturated carbocycles. The molecule has 0 aliphatic carbocycles. The van der Waals surface area contributed by atoms with Gasteiger partial charge in [-0.15, -0.1) is 0 Å². The van der Waals surface area contributed by atoms with Crippen molar-refractivity contribution in [3.8, 4) is 11.4 Å². The van der Waals surface area contributed by atoms with Crippen LogP contribution in [0.3, 0.4) is 0 Å².